The van der Waals surface area contributed by atoms with Gasteiger partial charge in [0.25, 0.3) is 0 Å². The van der Waals surface area contributed by atoms with Crippen LogP contribution >= 0.6 is 0 Å². The van der Waals surface area contributed by atoms with Gasteiger partial charge in [0.1, 0.15) is 0 Å². The van der Waals surface area contributed by atoms with Gasteiger partial charge < -0.3 is 0 Å². The van der Waals surface area contributed by atoms with Gasteiger partial charge >= 0.3 is 6.18 Å². The van der Waals surface area contributed by atoms with Crippen LogP contribution in [-0.4, -0.2) is 5.78 Å². The molecule has 0 aliphatic rings. The summed E-state index contributed by atoms with van der Waals surface area (Å²) in [6.45, 7) is 0. The third-order valence-corrected chi connectivity index (χ3v) is 2.03. The highest BCUT2D eigenvalue weighted by molar-refractivity contribution is 5.96. The number of carbonyl (C=O) groups is 1. The van der Waals surface area contributed by atoms with Crippen molar-refractivity contribution >= 4 is 5.78 Å². The average molecular weight is 226 g/mol. The molecule has 0 aromatic heterocycles. The molecule has 0 amide bonds. The molecule has 1 rings (SSSR count). The van der Waals surface area contributed by atoms with Crippen molar-refractivity contribution in [1.29, 1.82) is 0 Å². The molecule has 0 saturated carbocycles. The van der Waals surface area contributed by atoms with E-state index >= 15 is 0 Å². The second kappa shape index (κ2) is 4.84. The van der Waals surface area contributed by atoms with Gasteiger partial charge in [-0.2, -0.15) is 13.2 Å². The lowest BCUT2D eigenvalue weighted by atomic mass is 10.0. The van der Waals surface area contributed by atoms with Gasteiger partial charge in [0, 0.05) is 18.4 Å². The first-order chi connectivity index (χ1) is 7.45. The Bertz CT molecular complexity index is 409. The van der Waals surface area contributed by atoms with Crippen LogP contribution in [0.4, 0.5) is 13.2 Å². The van der Waals surface area contributed by atoms with Crippen LogP contribution in [0.2, 0.25) is 0 Å². The van der Waals surface area contributed by atoms with E-state index in [-0.39, 0.29) is 17.8 Å². The molecule has 0 unspecified atom stereocenters. The summed E-state index contributed by atoms with van der Waals surface area (Å²) in [4.78, 5) is 11.4. The molecule has 4 heteroatoms. The van der Waals surface area contributed by atoms with E-state index in [2.05, 4.69) is 5.92 Å². The molecular formula is C12H9F3O. The number of Topliss-reactive ketones (excluding diaryl/α,β-unsaturated/α-hetero) is 1. The van der Waals surface area contributed by atoms with E-state index in [1.165, 1.54) is 12.1 Å². The van der Waals surface area contributed by atoms with Gasteiger partial charge in [-0.3, -0.25) is 4.79 Å². The zero-order valence-electron chi connectivity index (χ0n) is 8.34. The van der Waals surface area contributed by atoms with Gasteiger partial charge in [-0.25, -0.2) is 0 Å². The Morgan fingerprint density at radius 2 is 1.81 bits per heavy atom. The number of hydrogen-bond donors (Lipinski definition) is 0. The molecule has 84 valence electrons. The van der Waals surface area contributed by atoms with Crippen molar-refractivity contribution in [3.8, 4) is 12.3 Å². The van der Waals surface area contributed by atoms with E-state index < -0.39 is 11.7 Å². The first-order valence-electron chi connectivity index (χ1n) is 4.59. The maximum absolute atomic E-state index is 12.2. The molecule has 0 spiro atoms. The number of alkyl halides is 3. The predicted octanol–water partition coefficient (Wildman–Crippen LogP) is 3.30. The van der Waals surface area contributed by atoms with Crippen LogP contribution in [0, 0.1) is 12.3 Å². The first-order valence-corrected chi connectivity index (χ1v) is 4.59. The Morgan fingerprint density at radius 1 is 1.25 bits per heavy atom. The summed E-state index contributed by atoms with van der Waals surface area (Å²) in [5, 5.41) is 0. The predicted molar refractivity (Wildman–Crippen MR) is 53.8 cm³/mol. The van der Waals surface area contributed by atoms with Crippen molar-refractivity contribution in [2.45, 2.75) is 19.0 Å². The summed E-state index contributed by atoms with van der Waals surface area (Å²) < 4.78 is 36.6. The number of benzene rings is 1. The van der Waals surface area contributed by atoms with Crippen LogP contribution in [0.3, 0.4) is 0 Å². The minimum atomic E-state index is -4.37. The van der Waals surface area contributed by atoms with E-state index in [1.54, 1.807) is 0 Å². The number of rotatable bonds is 3. The van der Waals surface area contributed by atoms with E-state index in [0.29, 0.717) is 6.42 Å². The smallest absolute Gasteiger partial charge is 0.294 e. The lowest BCUT2D eigenvalue weighted by Gasteiger charge is -2.06. The molecule has 1 nitrogen and oxygen atoms in total. The summed E-state index contributed by atoms with van der Waals surface area (Å²) in [6, 6.07) is 4.12. The topological polar surface area (TPSA) is 17.1 Å². The number of terminal acetylenes is 1. The maximum atomic E-state index is 12.2. The highest BCUT2D eigenvalue weighted by atomic mass is 19.4. The van der Waals surface area contributed by atoms with Crippen LogP contribution in [0.1, 0.15) is 28.8 Å². The SMILES string of the molecule is C#CCCC(=O)c1ccc(C(F)(F)F)cc1. The summed E-state index contributed by atoms with van der Waals surface area (Å²) in [5.41, 5.74) is -0.510. The molecule has 0 fully saturated rings. The molecule has 16 heavy (non-hydrogen) atoms. The zero-order valence-corrected chi connectivity index (χ0v) is 8.34. The van der Waals surface area contributed by atoms with E-state index in [0.717, 1.165) is 12.1 Å². The minimum Gasteiger partial charge on any atom is -0.294 e. The third kappa shape index (κ3) is 3.13. The van der Waals surface area contributed by atoms with Crippen LogP contribution in [0.5, 0.6) is 0 Å². The molecule has 0 aliphatic heterocycles. The molecule has 1 aromatic rings. The third-order valence-electron chi connectivity index (χ3n) is 2.03. The highest BCUT2D eigenvalue weighted by Gasteiger charge is 2.30. The van der Waals surface area contributed by atoms with Crippen molar-refractivity contribution in [1.82, 2.24) is 0 Å². The molecule has 0 bridgehead atoms. The van der Waals surface area contributed by atoms with Crippen LogP contribution in [0.15, 0.2) is 24.3 Å². The lowest BCUT2D eigenvalue weighted by Crippen LogP contribution is -2.06. The normalized spacial score (nSPS) is 10.9. The van der Waals surface area contributed by atoms with Crippen molar-refractivity contribution < 1.29 is 18.0 Å². The maximum Gasteiger partial charge on any atom is 0.416 e. The molecule has 0 N–H and O–H groups in total. The summed E-state index contributed by atoms with van der Waals surface area (Å²) in [5.74, 6) is 2.06. The van der Waals surface area contributed by atoms with Gasteiger partial charge in [0.05, 0.1) is 5.56 Å². The highest BCUT2D eigenvalue weighted by Crippen LogP contribution is 2.29. The van der Waals surface area contributed by atoms with E-state index in [1.807, 2.05) is 0 Å². The Labute approximate surface area is 91.3 Å². The first kappa shape index (κ1) is 12.3. The Kier molecular flexibility index (Phi) is 3.73. The van der Waals surface area contributed by atoms with E-state index in [4.69, 9.17) is 6.42 Å². The van der Waals surface area contributed by atoms with Crippen molar-refractivity contribution in [3.05, 3.63) is 35.4 Å². The van der Waals surface area contributed by atoms with Gasteiger partial charge in [-0.1, -0.05) is 12.1 Å². The fourth-order valence-electron chi connectivity index (χ4n) is 1.18. The summed E-state index contributed by atoms with van der Waals surface area (Å²) in [7, 11) is 0. The summed E-state index contributed by atoms with van der Waals surface area (Å²) in [6.07, 6.45) is 1.06. The second-order valence-corrected chi connectivity index (χ2v) is 3.20. The number of hydrogen-bond acceptors (Lipinski definition) is 1. The number of carbonyl (C=O) groups excluding carboxylic acids is 1. The second-order valence-electron chi connectivity index (χ2n) is 3.20. The molecule has 0 atom stereocenters. The standard InChI is InChI=1S/C12H9F3O/c1-2-3-4-11(16)9-5-7-10(8-6-9)12(13,14)15/h1,5-8H,3-4H2. The van der Waals surface area contributed by atoms with Crippen molar-refractivity contribution in [3.63, 3.8) is 0 Å². The zero-order chi connectivity index (χ0) is 12.2. The number of ketones is 1. The molecule has 0 aliphatic carbocycles. The van der Waals surface area contributed by atoms with Crippen LogP contribution in [-0.2, 0) is 6.18 Å². The lowest BCUT2D eigenvalue weighted by molar-refractivity contribution is -0.137. The van der Waals surface area contributed by atoms with Gasteiger partial charge in [-0.05, 0) is 12.1 Å². The van der Waals surface area contributed by atoms with Crippen molar-refractivity contribution in [2.24, 2.45) is 0 Å². The monoisotopic (exact) mass is 226 g/mol. The van der Waals surface area contributed by atoms with Crippen molar-refractivity contribution in [2.75, 3.05) is 0 Å². The van der Waals surface area contributed by atoms with Crippen LogP contribution in [0.25, 0.3) is 0 Å². The molecule has 0 saturated heterocycles. The Balaban J connectivity index is 2.80. The van der Waals surface area contributed by atoms with Crippen LogP contribution < -0.4 is 0 Å². The molecule has 1 aromatic carbocycles. The fraction of sp³-hybridized carbons (Fsp3) is 0.250. The molecule has 0 radical (unpaired) electrons. The van der Waals surface area contributed by atoms with Gasteiger partial charge in [0.15, 0.2) is 5.78 Å². The minimum absolute atomic E-state index is 0.155. The van der Waals surface area contributed by atoms with E-state index in [9.17, 15) is 18.0 Å². The van der Waals surface area contributed by atoms with Gasteiger partial charge in [0.2, 0.25) is 0 Å². The quantitative estimate of drug-likeness (QED) is 0.571. The summed E-state index contributed by atoms with van der Waals surface area (Å²) >= 11 is 0. The number of halogens is 3. The average Bonchev–Trinajstić information content (AvgIpc) is 2.25. The molecular weight excluding hydrogens is 217 g/mol. The van der Waals surface area contributed by atoms with Gasteiger partial charge in [-0.15, -0.1) is 12.3 Å². The fourth-order valence-corrected chi connectivity index (χ4v) is 1.18. The Hall–Kier alpha value is -1.76. The molecule has 0 heterocycles. The largest absolute Gasteiger partial charge is 0.416 e. The Morgan fingerprint density at radius 3 is 2.25 bits per heavy atom.